The number of amides is 2. The molecule has 0 saturated carbocycles. The standard InChI is InChI=1S/C23H28F3N5O4/c1-13-14(2)29-34-19(13)28-21(32)31-9-7-22(8-10-31)11-16(12-33-22)18-27-20(35-30-18)15-3-5-17(6-4-15)23(24,25)26/h3,5-6,13,15-16,19H,4,7-12H2,1-2H3,(H,28,32). The number of hydrogen-bond donors (Lipinski definition) is 1. The molecule has 1 N–H and O–H groups in total. The minimum absolute atomic E-state index is 0.0284. The van der Waals surface area contributed by atoms with E-state index in [4.69, 9.17) is 14.1 Å². The van der Waals surface area contributed by atoms with Crippen LogP contribution in [0.2, 0.25) is 0 Å². The second kappa shape index (κ2) is 8.96. The van der Waals surface area contributed by atoms with Crippen LogP contribution in [0.15, 0.2) is 33.5 Å². The predicted molar refractivity (Wildman–Crippen MR) is 117 cm³/mol. The summed E-state index contributed by atoms with van der Waals surface area (Å²) in [6, 6.07) is -0.178. The van der Waals surface area contributed by atoms with Gasteiger partial charge in [-0.1, -0.05) is 35.5 Å². The molecule has 1 aromatic rings. The van der Waals surface area contributed by atoms with E-state index in [1.165, 1.54) is 6.08 Å². The highest BCUT2D eigenvalue weighted by atomic mass is 19.4. The Morgan fingerprint density at radius 2 is 2.06 bits per heavy atom. The molecule has 0 bridgehead atoms. The maximum absolute atomic E-state index is 12.8. The van der Waals surface area contributed by atoms with E-state index in [1.54, 1.807) is 4.90 Å². The summed E-state index contributed by atoms with van der Waals surface area (Å²) in [7, 11) is 0. The van der Waals surface area contributed by atoms with Crippen LogP contribution in [0.25, 0.3) is 0 Å². The number of aromatic nitrogens is 2. The Labute approximate surface area is 200 Å². The van der Waals surface area contributed by atoms with Gasteiger partial charge >= 0.3 is 12.2 Å². The van der Waals surface area contributed by atoms with Gasteiger partial charge in [-0.2, -0.15) is 18.2 Å². The Hall–Kier alpha value is -2.89. The van der Waals surface area contributed by atoms with Crippen LogP contribution in [0, 0.1) is 5.92 Å². The zero-order valence-corrected chi connectivity index (χ0v) is 19.5. The first-order chi connectivity index (χ1) is 16.6. The van der Waals surface area contributed by atoms with Crippen LogP contribution < -0.4 is 5.32 Å². The van der Waals surface area contributed by atoms with E-state index in [-0.39, 0.29) is 35.8 Å². The number of likely N-dealkylation sites (tertiary alicyclic amines) is 1. The number of piperidine rings is 1. The molecule has 4 unspecified atom stereocenters. The van der Waals surface area contributed by atoms with Crippen LogP contribution in [0.3, 0.4) is 0 Å². The molecule has 0 aromatic carbocycles. The third-order valence-corrected chi connectivity index (χ3v) is 7.43. The summed E-state index contributed by atoms with van der Waals surface area (Å²) in [5, 5.41) is 10.9. The van der Waals surface area contributed by atoms with Crippen molar-refractivity contribution >= 4 is 11.7 Å². The van der Waals surface area contributed by atoms with Crippen LogP contribution in [-0.4, -0.2) is 64.5 Å². The Balaban J connectivity index is 1.13. The van der Waals surface area contributed by atoms with Crippen molar-refractivity contribution in [2.45, 2.75) is 69.4 Å². The normalized spacial score (nSPS) is 30.3. The Kier molecular flexibility index (Phi) is 6.10. The largest absolute Gasteiger partial charge is 0.416 e. The second-order valence-electron chi connectivity index (χ2n) is 9.73. The lowest BCUT2D eigenvalue weighted by atomic mass is 9.85. The van der Waals surface area contributed by atoms with Crippen LogP contribution in [0.1, 0.15) is 63.1 Å². The third kappa shape index (κ3) is 4.80. The Morgan fingerprint density at radius 1 is 1.29 bits per heavy atom. The number of alkyl halides is 3. The number of nitrogens with one attached hydrogen (secondary N) is 1. The molecule has 4 aliphatic rings. The monoisotopic (exact) mass is 495 g/mol. The smallest absolute Gasteiger partial charge is 0.374 e. The highest BCUT2D eigenvalue weighted by Gasteiger charge is 2.45. The molecule has 0 radical (unpaired) electrons. The number of allylic oxidation sites excluding steroid dienone is 4. The van der Waals surface area contributed by atoms with Gasteiger partial charge in [0.15, 0.2) is 5.82 Å². The summed E-state index contributed by atoms with van der Waals surface area (Å²) < 4.78 is 50.0. The molecule has 1 aromatic heterocycles. The van der Waals surface area contributed by atoms with Gasteiger partial charge in [0, 0.05) is 19.0 Å². The van der Waals surface area contributed by atoms with Crippen molar-refractivity contribution in [3.8, 4) is 0 Å². The van der Waals surface area contributed by atoms with Crippen LogP contribution >= 0.6 is 0 Å². The van der Waals surface area contributed by atoms with Gasteiger partial charge in [0.05, 0.1) is 35.3 Å². The maximum atomic E-state index is 12.8. The lowest BCUT2D eigenvalue weighted by molar-refractivity contribution is -0.0886. The molecular weight excluding hydrogens is 467 g/mol. The van der Waals surface area contributed by atoms with Crippen LogP contribution in [-0.2, 0) is 9.57 Å². The fourth-order valence-electron chi connectivity index (χ4n) is 4.95. The molecule has 4 heterocycles. The predicted octanol–water partition coefficient (Wildman–Crippen LogP) is 4.02. The molecule has 190 valence electrons. The molecule has 1 aliphatic carbocycles. The Morgan fingerprint density at radius 3 is 2.69 bits per heavy atom. The molecule has 2 saturated heterocycles. The highest BCUT2D eigenvalue weighted by molar-refractivity contribution is 5.86. The number of urea groups is 1. The molecule has 2 amide bonds. The van der Waals surface area contributed by atoms with Crippen LogP contribution in [0.4, 0.5) is 18.0 Å². The quantitative estimate of drug-likeness (QED) is 0.680. The zero-order chi connectivity index (χ0) is 24.8. The summed E-state index contributed by atoms with van der Waals surface area (Å²) in [6.07, 6.45) is 1.10. The van der Waals surface area contributed by atoms with Crippen LogP contribution in [0.5, 0.6) is 0 Å². The van der Waals surface area contributed by atoms with E-state index in [9.17, 15) is 18.0 Å². The van der Waals surface area contributed by atoms with Crippen molar-refractivity contribution in [1.29, 1.82) is 0 Å². The summed E-state index contributed by atoms with van der Waals surface area (Å²) in [6.45, 7) is 5.37. The van der Waals surface area contributed by atoms with Gasteiger partial charge in [-0.3, -0.25) is 5.32 Å². The molecule has 5 rings (SSSR count). The SMILES string of the molecule is CC1=NOC(NC(=O)N2CCC3(CC2)CC(c2noc(C4C=CC(C(F)(F)F)=CC4)n2)CO3)C1C. The Bertz CT molecular complexity index is 1060. The van der Waals surface area contributed by atoms with Gasteiger partial charge < -0.3 is 19.0 Å². The summed E-state index contributed by atoms with van der Waals surface area (Å²) in [5.41, 5.74) is -0.160. The number of halogens is 3. The number of nitrogens with zero attached hydrogens (tertiary/aromatic N) is 4. The molecule has 35 heavy (non-hydrogen) atoms. The average molecular weight is 496 g/mol. The lowest BCUT2D eigenvalue weighted by Crippen LogP contribution is -2.52. The minimum atomic E-state index is -4.36. The molecule has 3 aliphatic heterocycles. The average Bonchev–Trinajstić information content (AvgIpc) is 3.55. The van der Waals surface area contributed by atoms with E-state index in [0.29, 0.717) is 50.7 Å². The van der Waals surface area contributed by atoms with E-state index < -0.39 is 18.0 Å². The van der Waals surface area contributed by atoms with E-state index in [2.05, 4.69) is 20.6 Å². The first kappa shape index (κ1) is 23.8. The molecule has 4 atom stereocenters. The number of carbonyl (C=O) groups excluding carboxylic acids is 1. The fourth-order valence-corrected chi connectivity index (χ4v) is 4.95. The lowest BCUT2D eigenvalue weighted by Gasteiger charge is -2.38. The van der Waals surface area contributed by atoms with E-state index in [1.807, 2.05) is 13.8 Å². The van der Waals surface area contributed by atoms with Gasteiger partial charge in [0.1, 0.15) is 0 Å². The zero-order valence-electron chi connectivity index (χ0n) is 19.5. The number of oxime groups is 1. The van der Waals surface area contributed by atoms with Crippen molar-refractivity contribution in [2.24, 2.45) is 11.1 Å². The van der Waals surface area contributed by atoms with Gasteiger partial charge in [0.25, 0.3) is 0 Å². The van der Waals surface area contributed by atoms with Crippen molar-refractivity contribution < 1.29 is 32.1 Å². The molecule has 2 fully saturated rings. The van der Waals surface area contributed by atoms with Crippen molar-refractivity contribution in [1.82, 2.24) is 20.4 Å². The summed E-state index contributed by atoms with van der Waals surface area (Å²) >= 11 is 0. The first-order valence-corrected chi connectivity index (χ1v) is 11.8. The summed E-state index contributed by atoms with van der Waals surface area (Å²) in [5.74, 6) is 0.416. The van der Waals surface area contributed by atoms with Gasteiger partial charge in [-0.25, -0.2) is 4.79 Å². The maximum Gasteiger partial charge on any atom is 0.416 e. The molecule has 9 nitrogen and oxygen atoms in total. The van der Waals surface area contributed by atoms with Crippen molar-refractivity contribution in [2.75, 3.05) is 19.7 Å². The van der Waals surface area contributed by atoms with Gasteiger partial charge in [0.2, 0.25) is 12.1 Å². The number of hydrogen-bond acceptors (Lipinski definition) is 7. The van der Waals surface area contributed by atoms with E-state index >= 15 is 0 Å². The minimum Gasteiger partial charge on any atom is -0.374 e. The highest BCUT2D eigenvalue weighted by Crippen LogP contribution is 2.42. The first-order valence-electron chi connectivity index (χ1n) is 11.8. The van der Waals surface area contributed by atoms with E-state index in [0.717, 1.165) is 17.9 Å². The molecular formula is C23H28F3N5O4. The summed E-state index contributed by atoms with van der Waals surface area (Å²) in [4.78, 5) is 24.2. The third-order valence-electron chi connectivity index (χ3n) is 7.43. The second-order valence-corrected chi connectivity index (χ2v) is 9.73. The van der Waals surface area contributed by atoms with Crippen molar-refractivity contribution in [3.05, 3.63) is 35.5 Å². The van der Waals surface area contributed by atoms with Crippen molar-refractivity contribution in [3.63, 3.8) is 0 Å². The number of ether oxygens (including phenoxy) is 1. The van der Waals surface area contributed by atoms with Gasteiger partial charge in [-0.05, 0) is 32.6 Å². The molecule has 1 spiro atoms. The number of rotatable bonds is 3. The molecule has 12 heteroatoms. The topological polar surface area (TPSA) is 102 Å². The van der Waals surface area contributed by atoms with Gasteiger partial charge in [-0.15, -0.1) is 0 Å². The number of carbonyl (C=O) groups is 1. The fraction of sp³-hybridized carbons (Fsp3) is 0.652.